The van der Waals surface area contributed by atoms with Gasteiger partial charge in [0.05, 0.1) is 18.0 Å². The van der Waals surface area contributed by atoms with E-state index >= 15 is 0 Å². The Morgan fingerprint density at radius 1 is 1.10 bits per heavy atom. The van der Waals surface area contributed by atoms with Crippen molar-refractivity contribution in [1.82, 2.24) is 13.8 Å². The normalized spacial score (nSPS) is 17.1. The van der Waals surface area contributed by atoms with Crippen LogP contribution in [0, 0.1) is 6.92 Å². The van der Waals surface area contributed by atoms with E-state index in [-0.39, 0.29) is 22.5 Å². The van der Waals surface area contributed by atoms with Crippen molar-refractivity contribution in [3.05, 3.63) is 58.0 Å². The van der Waals surface area contributed by atoms with E-state index in [1.807, 2.05) is 17.6 Å². The number of hydrogen-bond donors (Lipinski definition) is 0. The van der Waals surface area contributed by atoms with Gasteiger partial charge in [-0.1, -0.05) is 0 Å². The van der Waals surface area contributed by atoms with E-state index in [0.29, 0.717) is 30.4 Å². The van der Waals surface area contributed by atoms with Gasteiger partial charge in [0.25, 0.3) is 11.5 Å². The van der Waals surface area contributed by atoms with Crippen molar-refractivity contribution < 1.29 is 17.9 Å². The van der Waals surface area contributed by atoms with Crippen LogP contribution in [0.2, 0.25) is 0 Å². The molecule has 2 aliphatic rings. The molecule has 1 amide bonds. The topological polar surface area (TPSA) is 88.9 Å². The largest absolute Gasteiger partial charge is 0.486 e. The van der Waals surface area contributed by atoms with Crippen molar-refractivity contribution in [1.29, 1.82) is 0 Å². The van der Waals surface area contributed by atoms with Crippen LogP contribution in [0.15, 0.2) is 46.1 Å². The van der Waals surface area contributed by atoms with Crippen molar-refractivity contribution in [2.45, 2.75) is 36.8 Å². The van der Waals surface area contributed by atoms with E-state index in [1.54, 1.807) is 4.90 Å². The number of aromatic nitrogens is 1. The number of nitrogens with zero attached hydrogens (tertiary/aromatic N) is 3. The molecule has 1 aromatic carbocycles. The van der Waals surface area contributed by atoms with Gasteiger partial charge in [0.2, 0.25) is 10.0 Å². The van der Waals surface area contributed by atoms with Gasteiger partial charge in [0, 0.05) is 37.5 Å². The minimum atomic E-state index is -3.53. The van der Waals surface area contributed by atoms with Crippen LogP contribution in [0.5, 0.6) is 5.75 Å². The zero-order chi connectivity index (χ0) is 21.6. The monoisotopic (exact) mass is 431 g/mol. The number of carbonyl (C=O) groups excluding carboxylic acids is 1. The zero-order valence-corrected chi connectivity index (χ0v) is 18.1. The molecule has 1 saturated carbocycles. The lowest BCUT2D eigenvalue weighted by molar-refractivity contribution is 0.0176. The third-order valence-electron chi connectivity index (χ3n) is 5.46. The van der Waals surface area contributed by atoms with Gasteiger partial charge in [-0.05, 0) is 50.1 Å². The maximum absolute atomic E-state index is 12.6. The Morgan fingerprint density at radius 2 is 1.73 bits per heavy atom. The van der Waals surface area contributed by atoms with Gasteiger partial charge in [-0.3, -0.25) is 9.59 Å². The Bertz CT molecular complexity index is 1130. The predicted octanol–water partition coefficient (Wildman–Crippen LogP) is 1.65. The lowest BCUT2D eigenvalue weighted by atomic mass is 10.1. The molecule has 0 spiro atoms. The molecule has 0 N–H and O–H groups in total. The summed E-state index contributed by atoms with van der Waals surface area (Å²) < 4.78 is 33.1. The lowest BCUT2D eigenvalue weighted by Crippen LogP contribution is -2.56. The minimum Gasteiger partial charge on any atom is -0.486 e. The number of sulfonamides is 1. The van der Waals surface area contributed by atoms with E-state index in [2.05, 4.69) is 0 Å². The van der Waals surface area contributed by atoms with Crippen molar-refractivity contribution in [2.24, 2.45) is 0 Å². The zero-order valence-electron chi connectivity index (χ0n) is 17.2. The second-order valence-electron chi connectivity index (χ2n) is 8.03. The lowest BCUT2D eigenvalue weighted by Gasteiger charge is -2.39. The number of amides is 1. The summed E-state index contributed by atoms with van der Waals surface area (Å²) in [5.74, 6) is 0.355. The summed E-state index contributed by atoms with van der Waals surface area (Å²) in [6, 6.07) is 9.62. The van der Waals surface area contributed by atoms with Gasteiger partial charge in [0.15, 0.2) is 0 Å². The highest BCUT2D eigenvalue weighted by molar-refractivity contribution is 7.89. The first kappa shape index (κ1) is 20.6. The molecule has 30 heavy (non-hydrogen) atoms. The second kappa shape index (κ2) is 7.55. The molecular formula is C21H25N3O5S. The molecule has 1 aliphatic carbocycles. The SMILES string of the molecule is Cc1cc(OC2CN(C(=O)c3ccc(S(=O)(=O)N(C)C)cc3)C2)cc(=O)n1C1CC1. The van der Waals surface area contributed by atoms with E-state index in [9.17, 15) is 18.0 Å². The molecule has 9 heteroatoms. The molecule has 2 fully saturated rings. The van der Waals surface area contributed by atoms with E-state index in [4.69, 9.17) is 4.74 Å². The van der Waals surface area contributed by atoms with Crippen LogP contribution in [0.3, 0.4) is 0 Å². The van der Waals surface area contributed by atoms with Crippen LogP contribution in [0.25, 0.3) is 0 Å². The summed E-state index contributed by atoms with van der Waals surface area (Å²) in [7, 11) is -0.600. The smallest absolute Gasteiger partial charge is 0.254 e. The Balaban J connectivity index is 1.36. The van der Waals surface area contributed by atoms with Crippen molar-refractivity contribution >= 4 is 15.9 Å². The van der Waals surface area contributed by atoms with Gasteiger partial charge >= 0.3 is 0 Å². The number of rotatable bonds is 6. The Morgan fingerprint density at radius 3 is 2.27 bits per heavy atom. The fourth-order valence-electron chi connectivity index (χ4n) is 3.58. The molecule has 2 aromatic rings. The van der Waals surface area contributed by atoms with Crippen LogP contribution in [-0.4, -0.2) is 61.4 Å². The molecule has 1 aromatic heterocycles. The molecule has 1 saturated heterocycles. The summed E-state index contributed by atoms with van der Waals surface area (Å²) in [5, 5.41) is 0. The van der Waals surface area contributed by atoms with Crippen LogP contribution in [-0.2, 0) is 10.0 Å². The van der Waals surface area contributed by atoms with Gasteiger partial charge < -0.3 is 14.2 Å². The Kier molecular flexibility index (Phi) is 5.19. The first-order valence-corrected chi connectivity index (χ1v) is 11.3. The number of ether oxygens (including phenoxy) is 1. The molecule has 0 atom stereocenters. The van der Waals surface area contributed by atoms with Crippen LogP contribution in [0.4, 0.5) is 0 Å². The molecule has 0 unspecified atom stereocenters. The number of hydrogen-bond acceptors (Lipinski definition) is 5. The maximum atomic E-state index is 12.6. The highest BCUT2D eigenvalue weighted by Gasteiger charge is 2.33. The molecule has 4 rings (SSSR count). The molecule has 1 aliphatic heterocycles. The molecule has 0 radical (unpaired) electrons. The molecular weight excluding hydrogens is 406 g/mol. The summed E-state index contributed by atoms with van der Waals surface area (Å²) in [6.07, 6.45) is 1.92. The van der Waals surface area contributed by atoms with Gasteiger partial charge in [-0.15, -0.1) is 0 Å². The number of likely N-dealkylation sites (tertiary alicyclic amines) is 1. The van der Waals surface area contributed by atoms with Crippen molar-refractivity contribution in [3.8, 4) is 5.75 Å². The van der Waals surface area contributed by atoms with E-state index in [1.165, 1.54) is 44.4 Å². The van der Waals surface area contributed by atoms with Gasteiger partial charge in [-0.2, -0.15) is 0 Å². The summed E-state index contributed by atoms with van der Waals surface area (Å²) in [4.78, 5) is 26.7. The average molecular weight is 432 g/mol. The number of carbonyl (C=O) groups is 1. The van der Waals surface area contributed by atoms with Crippen LogP contribution >= 0.6 is 0 Å². The highest BCUT2D eigenvalue weighted by atomic mass is 32.2. The first-order valence-electron chi connectivity index (χ1n) is 9.88. The third-order valence-corrected chi connectivity index (χ3v) is 7.29. The molecule has 8 nitrogen and oxygen atoms in total. The van der Waals surface area contributed by atoms with Gasteiger partial charge in [0.1, 0.15) is 11.9 Å². The third kappa shape index (κ3) is 3.87. The van der Waals surface area contributed by atoms with Crippen molar-refractivity contribution in [3.63, 3.8) is 0 Å². The number of benzene rings is 1. The van der Waals surface area contributed by atoms with Crippen molar-refractivity contribution in [2.75, 3.05) is 27.2 Å². The summed E-state index contributed by atoms with van der Waals surface area (Å²) in [5.41, 5.74) is 1.27. The first-order chi connectivity index (χ1) is 14.2. The Labute approximate surface area is 175 Å². The molecule has 2 heterocycles. The molecule has 160 valence electrons. The minimum absolute atomic E-state index is 0.0486. The van der Waals surface area contributed by atoms with Gasteiger partial charge in [-0.25, -0.2) is 12.7 Å². The van der Waals surface area contributed by atoms with E-state index < -0.39 is 10.0 Å². The fourth-order valence-corrected chi connectivity index (χ4v) is 4.49. The number of aryl methyl sites for hydroxylation is 1. The average Bonchev–Trinajstić information content (AvgIpc) is 3.48. The van der Waals surface area contributed by atoms with Crippen LogP contribution < -0.4 is 10.3 Å². The fraction of sp³-hybridized carbons (Fsp3) is 0.429. The quantitative estimate of drug-likeness (QED) is 0.694. The number of pyridine rings is 1. The maximum Gasteiger partial charge on any atom is 0.254 e. The second-order valence-corrected chi connectivity index (χ2v) is 10.2. The standard InChI is InChI=1S/C21H25N3O5S/c1-14-10-17(11-20(25)24(14)16-6-7-16)29-18-12-23(13-18)21(26)15-4-8-19(9-5-15)30(27,28)22(2)3/h4-5,8-11,16,18H,6-7,12-13H2,1-3H3. The highest BCUT2D eigenvalue weighted by Crippen LogP contribution is 2.35. The molecule has 0 bridgehead atoms. The van der Waals surface area contributed by atoms with E-state index in [0.717, 1.165) is 22.8 Å². The Hall–Kier alpha value is -2.65. The predicted molar refractivity (Wildman–Crippen MR) is 111 cm³/mol. The van der Waals surface area contributed by atoms with Crippen LogP contribution in [0.1, 0.15) is 34.9 Å². The summed E-state index contributed by atoms with van der Waals surface area (Å²) in [6.45, 7) is 2.74. The summed E-state index contributed by atoms with van der Waals surface area (Å²) >= 11 is 0.